The first-order valence-corrected chi connectivity index (χ1v) is 4.34. The molecule has 0 fully saturated rings. The molecule has 0 saturated carbocycles. The standard InChI is InChI=1S/C10H8N2O3/c1-15-10(14)6-3-2-4-7-8(6)9(13)12-5-11-7/h2-5,8H,1H3. The van der Waals surface area contributed by atoms with E-state index < -0.39 is 11.9 Å². The molecule has 1 heterocycles. The van der Waals surface area contributed by atoms with Gasteiger partial charge >= 0.3 is 5.97 Å². The summed E-state index contributed by atoms with van der Waals surface area (Å²) in [6.45, 7) is 0. The molecule has 0 aromatic heterocycles. The molecular formula is C10H8N2O3. The average Bonchev–Trinajstić information content (AvgIpc) is 2.28. The lowest BCUT2D eigenvalue weighted by atomic mass is 9.88. The zero-order valence-electron chi connectivity index (χ0n) is 8.01. The van der Waals surface area contributed by atoms with Crippen molar-refractivity contribution in [3.8, 4) is 0 Å². The Morgan fingerprint density at radius 2 is 2.33 bits per heavy atom. The normalized spacial score (nSPS) is 23.0. The number of carbonyl (C=O) groups is 2. The maximum atomic E-state index is 11.5. The van der Waals surface area contributed by atoms with E-state index in [1.54, 1.807) is 18.2 Å². The highest BCUT2D eigenvalue weighted by Crippen LogP contribution is 2.23. The molecule has 1 aliphatic carbocycles. The first-order valence-electron chi connectivity index (χ1n) is 4.34. The molecule has 5 nitrogen and oxygen atoms in total. The fraction of sp³-hybridized carbons (Fsp3) is 0.200. The molecule has 2 rings (SSSR count). The molecule has 0 aromatic carbocycles. The zero-order valence-corrected chi connectivity index (χ0v) is 8.01. The van der Waals surface area contributed by atoms with E-state index >= 15 is 0 Å². The van der Waals surface area contributed by atoms with E-state index in [4.69, 9.17) is 0 Å². The minimum absolute atomic E-state index is 0.278. The second-order valence-electron chi connectivity index (χ2n) is 3.04. The Labute approximate surface area is 85.9 Å². The lowest BCUT2D eigenvalue weighted by molar-refractivity contribution is -0.137. The fourth-order valence-electron chi connectivity index (χ4n) is 1.51. The maximum Gasteiger partial charge on any atom is 0.334 e. The van der Waals surface area contributed by atoms with Crippen molar-refractivity contribution < 1.29 is 14.3 Å². The van der Waals surface area contributed by atoms with Crippen LogP contribution in [0, 0.1) is 5.92 Å². The van der Waals surface area contributed by atoms with Gasteiger partial charge in [0.2, 0.25) is 0 Å². The van der Waals surface area contributed by atoms with Gasteiger partial charge < -0.3 is 4.74 Å². The fourth-order valence-corrected chi connectivity index (χ4v) is 1.51. The van der Waals surface area contributed by atoms with E-state index in [9.17, 15) is 9.59 Å². The molecule has 15 heavy (non-hydrogen) atoms. The summed E-state index contributed by atoms with van der Waals surface area (Å²) in [5.41, 5.74) is 0.804. The van der Waals surface area contributed by atoms with Crippen LogP contribution in [0.25, 0.3) is 0 Å². The Bertz CT molecular complexity index is 444. The highest BCUT2D eigenvalue weighted by molar-refractivity contribution is 6.22. The number of fused-ring (bicyclic) bond motifs is 1. The van der Waals surface area contributed by atoms with Gasteiger partial charge in [0.05, 0.1) is 18.4 Å². The summed E-state index contributed by atoms with van der Waals surface area (Å²) in [6.07, 6.45) is 6.08. The number of nitrogens with zero attached hydrogens (tertiary/aromatic N) is 2. The molecule has 0 aromatic rings. The van der Waals surface area contributed by atoms with Crippen LogP contribution in [0.4, 0.5) is 0 Å². The van der Waals surface area contributed by atoms with E-state index in [-0.39, 0.29) is 11.5 Å². The number of ether oxygens (including phenoxy) is 1. The molecule has 1 amide bonds. The van der Waals surface area contributed by atoms with Crippen LogP contribution in [0.5, 0.6) is 0 Å². The molecule has 1 atom stereocenters. The number of hydrogen-bond acceptors (Lipinski definition) is 4. The molecule has 2 aliphatic rings. The SMILES string of the molecule is COC(=O)C1=CC=CC2=NC=NC(=O)C12. The number of methoxy groups -OCH3 is 1. The number of carbonyl (C=O) groups excluding carboxylic acids is 2. The third kappa shape index (κ3) is 1.52. The summed E-state index contributed by atoms with van der Waals surface area (Å²) in [5, 5.41) is 0. The Morgan fingerprint density at radius 3 is 3.07 bits per heavy atom. The molecule has 1 unspecified atom stereocenters. The smallest absolute Gasteiger partial charge is 0.334 e. The van der Waals surface area contributed by atoms with Crippen molar-refractivity contribution in [2.24, 2.45) is 15.9 Å². The van der Waals surface area contributed by atoms with Crippen LogP contribution < -0.4 is 0 Å². The number of amides is 1. The topological polar surface area (TPSA) is 68.1 Å². The summed E-state index contributed by atoms with van der Waals surface area (Å²) in [5.74, 6) is -1.61. The second-order valence-corrected chi connectivity index (χ2v) is 3.04. The Hall–Kier alpha value is -2.04. The summed E-state index contributed by atoms with van der Waals surface area (Å²) >= 11 is 0. The first-order chi connectivity index (χ1) is 7.24. The van der Waals surface area contributed by atoms with Gasteiger partial charge in [-0.15, -0.1) is 0 Å². The quantitative estimate of drug-likeness (QED) is 0.576. The van der Waals surface area contributed by atoms with Crippen molar-refractivity contribution in [3.05, 3.63) is 23.8 Å². The van der Waals surface area contributed by atoms with Crippen LogP contribution in [0.1, 0.15) is 0 Å². The van der Waals surface area contributed by atoms with Gasteiger partial charge in [-0.3, -0.25) is 4.79 Å². The minimum Gasteiger partial charge on any atom is -0.466 e. The number of allylic oxidation sites excluding steroid dienone is 3. The van der Waals surface area contributed by atoms with Crippen molar-refractivity contribution in [1.82, 2.24) is 0 Å². The van der Waals surface area contributed by atoms with E-state index in [2.05, 4.69) is 14.7 Å². The van der Waals surface area contributed by atoms with Gasteiger partial charge in [-0.25, -0.2) is 14.8 Å². The summed E-state index contributed by atoms with van der Waals surface area (Å²) in [7, 11) is 1.27. The minimum atomic E-state index is -0.701. The average molecular weight is 204 g/mol. The lowest BCUT2D eigenvalue weighted by Gasteiger charge is -2.19. The highest BCUT2D eigenvalue weighted by Gasteiger charge is 2.34. The second kappa shape index (κ2) is 3.61. The van der Waals surface area contributed by atoms with Crippen LogP contribution in [-0.4, -0.2) is 31.0 Å². The Balaban J connectivity index is 2.42. The van der Waals surface area contributed by atoms with Crippen molar-refractivity contribution in [3.63, 3.8) is 0 Å². The predicted octanol–water partition coefficient (Wildman–Crippen LogP) is 0.281. The van der Waals surface area contributed by atoms with Crippen LogP contribution in [0.3, 0.4) is 0 Å². The molecule has 76 valence electrons. The molecule has 0 saturated heterocycles. The highest BCUT2D eigenvalue weighted by atomic mass is 16.5. The molecule has 0 radical (unpaired) electrons. The van der Waals surface area contributed by atoms with Gasteiger partial charge in [-0.05, 0) is 6.08 Å². The Morgan fingerprint density at radius 1 is 1.53 bits per heavy atom. The van der Waals surface area contributed by atoms with E-state index in [0.29, 0.717) is 5.71 Å². The molecule has 0 N–H and O–H groups in total. The Kier molecular flexibility index (Phi) is 2.29. The van der Waals surface area contributed by atoms with Gasteiger partial charge in [0.1, 0.15) is 12.3 Å². The summed E-state index contributed by atoms with van der Waals surface area (Å²) in [4.78, 5) is 30.4. The van der Waals surface area contributed by atoms with Crippen LogP contribution >= 0.6 is 0 Å². The van der Waals surface area contributed by atoms with E-state index in [1.165, 1.54) is 13.4 Å². The first kappa shape index (κ1) is 9.51. The van der Waals surface area contributed by atoms with E-state index in [0.717, 1.165) is 0 Å². The molecule has 5 heteroatoms. The molecule has 1 aliphatic heterocycles. The molecule has 0 spiro atoms. The van der Waals surface area contributed by atoms with Crippen molar-refractivity contribution >= 4 is 23.9 Å². The van der Waals surface area contributed by atoms with Crippen molar-refractivity contribution in [1.29, 1.82) is 0 Å². The van der Waals surface area contributed by atoms with E-state index in [1.807, 2.05) is 0 Å². The maximum absolute atomic E-state index is 11.5. The number of esters is 1. The monoisotopic (exact) mass is 204 g/mol. The van der Waals surface area contributed by atoms with Crippen molar-refractivity contribution in [2.45, 2.75) is 0 Å². The van der Waals surface area contributed by atoms with Gasteiger partial charge in [-0.2, -0.15) is 0 Å². The number of aliphatic imine (C=N–C) groups is 2. The van der Waals surface area contributed by atoms with Gasteiger partial charge in [0.25, 0.3) is 5.91 Å². The third-order valence-electron chi connectivity index (χ3n) is 2.21. The zero-order chi connectivity index (χ0) is 10.8. The summed E-state index contributed by atoms with van der Waals surface area (Å²) < 4.78 is 4.59. The number of hydrogen-bond donors (Lipinski definition) is 0. The van der Waals surface area contributed by atoms with Crippen LogP contribution in [0.15, 0.2) is 33.8 Å². The molecule has 0 bridgehead atoms. The van der Waals surface area contributed by atoms with Gasteiger partial charge in [0.15, 0.2) is 0 Å². The van der Waals surface area contributed by atoms with Gasteiger partial charge in [0, 0.05) is 0 Å². The molecular weight excluding hydrogens is 196 g/mol. The van der Waals surface area contributed by atoms with Gasteiger partial charge in [-0.1, -0.05) is 12.2 Å². The van der Waals surface area contributed by atoms with Crippen LogP contribution in [0.2, 0.25) is 0 Å². The number of rotatable bonds is 1. The van der Waals surface area contributed by atoms with Crippen molar-refractivity contribution in [2.75, 3.05) is 7.11 Å². The largest absolute Gasteiger partial charge is 0.466 e. The third-order valence-corrected chi connectivity index (χ3v) is 2.21. The predicted molar refractivity (Wildman–Crippen MR) is 53.7 cm³/mol. The summed E-state index contributed by atoms with van der Waals surface area (Å²) in [6, 6.07) is 0. The lowest BCUT2D eigenvalue weighted by Crippen LogP contribution is -2.31. The van der Waals surface area contributed by atoms with Crippen LogP contribution in [-0.2, 0) is 14.3 Å².